The van der Waals surface area contributed by atoms with E-state index in [4.69, 9.17) is 0 Å². The van der Waals surface area contributed by atoms with Crippen LogP contribution in [0.3, 0.4) is 0 Å². The van der Waals surface area contributed by atoms with E-state index < -0.39 is 0 Å². The van der Waals surface area contributed by atoms with Crippen LogP contribution in [0.5, 0.6) is 0 Å². The van der Waals surface area contributed by atoms with Crippen LogP contribution in [0.25, 0.3) is 11.1 Å². The van der Waals surface area contributed by atoms with Gasteiger partial charge in [0.15, 0.2) is 0 Å². The maximum absolute atomic E-state index is 3.30. The van der Waals surface area contributed by atoms with Crippen molar-refractivity contribution in [1.82, 2.24) is 0 Å². The van der Waals surface area contributed by atoms with Crippen molar-refractivity contribution in [3.8, 4) is 11.1 Å². The van der Waals surface area contributed by atoms with Gasteiger partial charge in [0.05, 0.1) is 0 Å². The molecule has 0 radical (unpaired) electrons. The predicted octanol–water partition coefficient (Wildman–Crippen LogP) is 5.43. The molecule has 6 rings (SSSR count). The fourth-order valence-electron chi connectivity index (χ4n) is 5.49. The van der Waals surface area contributed by atoms with Crippen LogP contribution in [-0.4, -0.2) is 3.21 Å². The third-order valence-electron chi connectivity index (χ3n) is 8.49. The molecule has 3 heteroatoms. The Kier molecular flexibility index (Phi) is 14.7. The van der Waals surface area contributed by atoms with Crippen molar-refractivity contribution in [2.45, 2.75) is 86.5 Å². The Morgan fingerprint density at radius 1 is 0.638 bits per heavy atom. The molecule has 0 heterocycles. The van der Waals surface area contributed by atoms with Gasteiger partial charge in [-0.15, -0.1) is 5.56 Å². The molecule has 47 heavy (non-hydrogen) atoms. The van der Waals surface area contributed by atoms with Crippen molar-refractivity contribution in [2.24, 2.45) is 11.3 Å². The molecule has 0 nitrogen and oxygen atoms in total. The van der Waals surface area contributed by atoms with Crippen molar-refractivity contribution < 1.29 is 49.0 Å². The van der Waals surface area contributed by atoms with Crippen LogP contribution in [0.2, 0.25) is 0 Å². The zero-order valence-corrected chi connectivity index (χ0v) is 33.8. The summed E-state index contributed by atoms with van der Waals surface area (Å²) in [4.78, 5) is 0. The monoisotopic (exact) mass is 738 g/mol. The fourth-order valence-corrected chi connectivity index (χ4v) is 6.31. The van der Waals surface area contributed by atoms with Crippen LogP contribution >= 0.6 is 0 Å². The molecule has 2 aliphatic rings. The minimum Gasteiger partial charge on any atom is -1.00 e. The number of hydrogen-bond acceptors (Lipinski definition) is 0. The maximum Gasteiger partial charge on any atom is -0.0253 e. The van der Waals surface area contributed by atoms with Gasteiger partial charge in [-0.25, -0.2) is 6.08 Å². The number of allylic oxidation sites excluding steroid dienone is 4. The second kappa shape index (κ2) is 16.9. The van der Waals surface area contributed by atoms with E-state index in [-0.39, 0.29) is 35.6 Å². The summed E-state index contributed by atoms with van der Waals surface area (Å²) in [7, 11) is 0. The average Bonchev–Trinajstić information content (AvgIpc) is 3.61. The predicted molar refractivity (Wildman–Crippen MR) is 192 cm³/mol. The summed E-state index contributed by atoms with van der Waals surface area (Å²) in [6.45, 7) is 22.4. The molecule has 0 saturated carbocycles. The number of rotatable bonds is 2. The molecule has 4 aromatic rings. The summed E-state index contributed by atoms with van der Waals surface area (Å²) >= 11 is 1.46. The summed E-state index contributed by atoms with van der Waals surface area (Å²) < 4.78 is 1.42. The van der Waals surface area contributed by atoms with Crippen molar-refractivity contribution in [3.63, 3.8) is 0 Å². The number of halogens is 2. The summed E-state index contributed by atoms with van der Waals surface area (Å²) in [5.41, 5.74) is 13.1. The molecule has 4 aromatic carbocycles. The molecule has 0 N–H and O–H groups in total. The van der Waals surface area contributed by atoms with E-state index in [1.54, 1.807) is 0 Å². The van der Waals surface area contributed by atoms with Gasteiger partial charge in [0, 0.05) is 0 Å². The molecule has 0 aliphatic heterocycles. The van der Waals surface area contributed by atoms with Crippen LogP contribution in [0.15, 0.2) is 109 Å². The third kappa shape index (κ3) is 11.1. The van der Waals surface area contributed by atoms with Crippen LogP contribution in [0.4, 0.5) is 0 Å². The van der Waals surface area contributed by atoms with Crippen LogP contribution < -0.4 is 24.8 Å². The van der Waals surface area contributed by atoms with E-state index in [0.29, 0.717) is 11.3 Å². The fraction of sp³-hybridized carbons (Fsp3) is 0.341. The Hall–Kier alpha value is -2.31. The molecule has 0 spiro atoms. The van der Waals surface area contributed by atoms with Crippen LogP contribution in [0.1, 0.15) is 103 Å². The Morgan fingerprint density at radius 2 is 1.13 bits per heavy atom. The number of hydrogen-bond donors (Lipinski definition) is 0. The molecule has 0 aromatic heterocycles. The molecular formula is C44H50Cl2Zr-2. The van der Waals surface area contributed by atoms with Gasteiger partial charge < -0.3 is 24.8 Å². The van der Waals surface area contributed by atoms with Crippen LogP contribution in [-0.2, 0) is 41.5 Å². The molecule has 0 fully saturated rings. The standard InChI is InChI=1S/C21H26.C13H9.C10H15.2ClH.Zr/c1-20(2,3)18-11-7-16(8-12-18)15-17-9-13-19(14-10-17)21(4,5)6;1-3-7-12-10(5-1)9-11-6-2-4-8-13(11)12;1-8-5-6-9(7-8)10(2,3)4;;;/h7-14H,1-6H3;1-5,7-8H,9H2;6-8H,1-4H3;2*1H;/q;2*-1;;;+2/p-2. The van der Waals surface area contributed by atoms with Gasteiger partial charge in [-0.1, -0.05) is 74.4 Å². The van der Waals surface area contributed by atoms with E-state index >= 15 is 0 Å². The Morgan fingerprint density at radius 3 is 1.55 bits per heavy atom. The van der Waals surface area contributed by atoms with E-state index in [9.17, 15) is 0 Å². The zero-order valence-electron chi connectivity index (χ0n) is 29.9. The van der Waals surface area contributed by atoms with Crippen molar-refractivity contribution in [2.75, 3.05) is 0 Å². The van der Waals surface area contributed by atoms with Gasteiger partial charge in [-0.3, -0.25) is 6.08 Å². The van der Waals surface area contributed by atoms with Gasteiger partial charge in [-0.05, 0) is 6.42 Å². The van der Waals surface area contributed by atoms with E-state index in [1.165, 1.54) is 77.5 Å². The van der Waals surface area contributed by atoms with E-state index in [0.717, 1.165) is 6.42 Å². The summed E-state index contributed by atoms with van der Waals surface area (Å²) in [6, 6.07) is 36.2. The van der Waals surface area contributed by atoms with Gasteiger partial charge in [-0.2, -0.15) is 41.5 Å². The first-order chi connectivity index (χ1) is 21.0. The topological polar surface area (TPSA) is 0 Å². The second-order valence-corrected chi connectivity index (χ2v) is 16.6. The zero-order chi connectivity index (χ0) is 33.0. The van der Waals surface area contributed by atoms with Gasteiger partial charge in [0.2, 0.25) is 0 Å². The van der Waals surface area contributed by atoms with E-state index in [2.05, 4.69) is 178 Å². The molecule has 0 amide bonds. The molecule has 1 atom stereocenters. The first kappa shape index (κ1) is 40.9. The minimum absolute atomic E-state index is 0. The molecule has 1 unspecified atom stereocenters. The molecular weight excluding hydrogens is 691 g/mol. The number of fused-ring (bicyclic) bond motifs is 3. The molecule has 246 valence electrons. The van der Waals surface area contributed by atoms with Gasteiger partial charge >= 0.3 is 151 Å². The quantitative estimate of drug-likeness (QED) is 0.212. The van der Waals surface area contributed by atoms with Gasteiger partial charge in [0.1, 0.15) is 0 Å². The normalized spacial score (nSPS) is 14.6. The summed E-state index contributed by atoms with van der Waals surface area (Å²) in [5, 5.41) is 0. The van der Waals surface area contributed by atoms with Gasteiger partial charge in [0.25, 0.3) is 0 Å². The largest absolute Gasteiger partial charge is 1.00 e. The summed E-state index contributed by atoms with van der Waals surface area (Å²) in [6.07, 6.45) is 8.70. The first-order valence-electron chi connectivity index (χ1n) is 16.2. The molecule has 0 saturated heterocycles. The van der Waals surface area contributed by atoms with Crippen molar-refractivity contribution in [1.29, 1.82) is 0 Å². The third-order valence-corrected chi connectivity index (χ3v) is 9.91. The van der Waals surface area contributed by atoms with E-state index in [1.807, 2.05) is 6.07 Å². The van der Waals surface area contributed by atoms with Crippen molar-refractivity contribution in [3.05, 3.63) is 154 Å². The first-order valence-corrected chi connectivity index (χ1v) is 17.5. The molecule has 0 bridgehead atoms. The minimum atomic E-state index is 0. The second-order valence-electron chi connectivity index (χ2n) is 15.4. The van der Waals surface area contributed by atoms with Crippen LogP contribution in [0, 0.1) is 23.5 Å². The Labute approximate surface area is 313 Å². The summed E-state index contributed by atoms with van der Waals surface area (Å²) in [5.74, 6) is 0.522. The van der Waals surface area contributed by atoms with Crippen molar-refractivity contribution >= 4 is 3.21 Å². The SMILES string of the molecule is CC(C)(C)c1ccc([C](=[Zr+2])c2ccc(C(C)(C)C)cc2)cc1.CC1[C-]=CC(C(C)(C)C)=C1.[Cl-].[Cl-].[c-]1cccc2c1Cc1ccccc1-2. The Balaban J connectivity index is 0.000000261. The molecule has 2 aliphatic carbocycles. The number of benzene rings is 4. The smallest absolute Gasteiger partial charge is 0.0253 e. The maximum atomic E-state index is 3.30. The average molecular weight is 741 g/mol. The Bertz CT molecular complexity index is 1570.